The van der Waals surface area contributed by atoms with E-state index < -0.39 is 11.0 Å². The van der Waals surface area contributed by atoms with Gasteiger partial charge in [-0.15, -0.1) is 0 Å². The Morgan fingerprint density at radius 2 is 1.97 bits per heavy atom. The topological polar surface area (TPSA) is 85.4 Å². The van der Waals surface area contributed by atoms with Crippen molar-refractivity contribution in [2.45, 2.75) is 94.6 Å². The van der Waals surface area contributed by atoms with Gasteiger partial charge >= 0.3 is 0 Å². The molecule has 1 saturated heterocycles. The lowest BCUT2D eigenvalue weighted by Gasteiger charge is -2.35. The lowest BCUT2D eigenvalue weighted by molar-refractivity contribution is 0.00508. The molecule has 3 aliphatic rings. The monoisotopic (exact) mass is 436 g/mol. The van der Waals surface area contributed by atoms with Crippen LogP contribution in [-0.2, 0) is 15.7 Å². The molecule has 0 radical (unpaired) electrons. The predicted octanol–water partition coefficient (Wildman–Crippen LogP) is 2.76. The van der Waals surface area contributed by atoms with E-state index in [0.717, 1.165) is 69.5 Å². The van der Waals surface area contributed by atoms with Crippen molar-refractivity contribution in [1.29, 1.82) is 0 Å². The zero-order valence-electron chi connectivity index (χ0n) is 18.3. The van der Waals surface area contributed by atoms with Crippen LogP contribution in [0.1, 0.15) is 75.5 Å². The van der Waals surface area contributed by atoms with Gasteiger partial charge in [0.2, 0.25) is 5.88 Å². The van der Waals surface area contributed by atoms with Crippen molar-refractivity contribution in [2.24, 2.45) is 0 Å². The summed E-state index contributed by atoms with van der Waals surface area (Å²) >= 11 is 0. The van der Waals surface area contributed by atoms with E-state index in [0.29, 0.717) is 30.5 Å². The molecule has 0 aromatic carbocycles. The Labute approximate surface area is 182 Å². The molecule has 30 heavy (non-hydrogen) atoms. The van der Waals surface area contributed by atoms with E-state index in [1.165, 1.54) is 5.56 Å². The smallest absolute Gasteiger partial charge is 0.220 e. The molecule has 2 aliphatic carbocycles. The van der Waals surface area contributed by atoms with Gasteiger partial charge < -0.3 is 14.8 Å². The van der Waals surface area contributed by atoms with Crippen molar-refractivity contribution in [3.63, 3.8) is 0 Å². The standard InChI is InChI=1S/C22H36N4O3S/c1-3-28-22-21(15(2)24-14-25-22)16-6-8-17(9-7-16)29-13-20-19(5-4-12-23-20)26-30(27)18-10-11-18/h14,16-20,23,26H,3-13H2,1-2H3. The van der Waals surface area contributed by atoms with Crippen LogP contribution in [0.25, 0.3) is 0 Å². The van der Waals surface area contributed by atoms with Crippen molar-refractivity contribution in [3.8, 4) is 5.88 Å². The van der Waals surface area contributed by atoms with Gasteiger partial charge in [-0.3, -0.25) is 0 Å². The summed E-state index contributed by atoms with van der Waals surface area (Å²) in [6.45, 7) is 6.37. The normalized spacial score (nSPS) is 30.7. The Morgan fingerprint density at radius 1 is 1.17 bits per heavy atom. The lowest BCUT2D eigenvalue weighted by atomic mass is 9.82. The molecule has 1 aliphatic heterocycles. The molecule has 7 nitrogen and oxygen atoms in total. The summed E-state index contributed by atoms with van der Waals surface area (Å²) in [4.78, 5) is 8.76. The quantitative estimate of drug-likeness (QED) is 0.619. The number of nitrogens with one attached hydrogen (secondary N) is 2. The Balaban J connectivity index is 1.27. The van der Waals surface area contributed by atoms with Crippen molar-refractivity contribution in [1.82, 2.24) is 20.0 Å². The summed E-state index contributed by atoms with van der Waals surface area (Å²) in [7, 11) is -0.889. The van der Waals surface area contributed by atoms with Crippen LogP contribution in [-0.4, -0.2) is 57.4 Å². The Kier molecular flexibility index (Phi) is 7.73. The minimum absolute atomic E-state index is 0.244. The van der Waals surface area contributed by atoms with E-state index in [9.17, 15) is 4.21 Å². The van der Waals surface area contributed by atoms with Gasteiger partial charge in [0.25, 0.3) is 0 Å². The number of piperidine rings is 1. The van der Waals surface area contributed by atoms with Gasteiger partial charge in [0.1, 0.15) is 6.33 Å². The van der Waals surface area contributed by atoms with E-state index in [4.69, 9.17) is 9.47 Å². The molecule has 2 saturated carbocycles. The maximum atomic E-state index is 12.3. The first-order valence-electron chi connectivity index (χ1n) is 11.6. The average Bonchev–Trinajstić information content (AvgIpc) is 3.60. The molecule has 3 unspecified atom stereocenters. The number of aryl methyl sites for hydroxylation is 1. The third-order valence-electron chi connectivity index (χ3n) is 6.60. The molecule has 0 spiro atoms. The second-order valence-electron chi connectivity index (χ2n) is 8.84. The van der Waals surface area contributed by atoms with E-state index in [-0.39, 0.29) is 12.1 Å². The second-order valence-corrected chi connectivity index (χ2v) is 10.3. The van der Waals surface area contributed by atoms with Crippen molar-refractivity contribution in [3.05, 3.63) is 17.6 Å². The van der Waals surface area contributed by atoms with Crippen LogP contribution in [0.2, 0.25) is 0 Å². The molecule has 0 bridgehead atoms. The molecule has 168 valence electrons. The number of hydrogen-bond acceptors (Lipinski definition) is 6. The van der Waals surface area contributed by atoms with E-state index in [1.807, 2.05) is 6.92 Å². The van der Waals surface area contributed by atoms with Gasteiger partial charge in [0.15, 0.2) is 0 Å². The highest BCUT2D eigenvalue weighted by Crippen LogP contribution is 2.38. The average molecular weight is 437 g/mol. The summed E-state index contributed by atoms with van der Waals surface area (Å²) in [5, 5.41) is 3.95. The van der Waals surface area contributed by atoms with Crippen molar-refractivity contribution >= 4 is 11.0 Å². The third-order valence-corrected chi connectivity index (χ3v) is 8.21. The first kappa shape index (κ1) is 22.1. The van der Waals surface area contributed by atoms with Crippen LogP contribution < -0.4 is 14.8 Å². The number of nitrogens with zero attached hydrogens (tertiary/aromatic N) is 2. The van der Waals surface area contributed by atoms with Crippen LogP contribution in [0.15, 0.2) is 6.33 Å². The summed E-state index contributed by atoms with van der Waals surface area (Å²) in [5.74, 6) is 1.19. The largest absolute Gasteiger partial charge is 0.478 e. The molecule has 3 fully saturated rings. The highest BCUT2D eigenvalue weighted by Gasteiger charge is 2.34. The van der Waals surface area contributed by atoms with E-state index >= 15 is 0 Å². The van der Waals surface area contributed by atoms with Crippen LogP contribution >= 0.6 is 0 Å². The van der Waals surface area contributed by atoms with Gasteiger partial charge in [-0.1, -0.05) is 0 Å². The molecule has 2 heterocycles. The first-order chi connectivity index (χ1) is 14.7. The zero-order valence-corrected chi connectivity index (χ0v) is 19.1. The number of hydrogen-bond donors (Lipinski definition) is 2. The number of aromatic nitrogens is 2. The summed E-state index contributed by atoms with van der Waals surface area (Å²) in [6.07, 6.45) is 10.5. The van der Waals surface area contributed by atoms with Gasteiger partial charge in [-0.25, -0.2) is 18.9 Å². The minimum atomic E-state index is -0.889. The molecule has 2 N–H and O–H groups in total. The zero-order chi connectivity index (χ0) is 20.9. The molecule has 8 heteroatoms. The summed E-state index contributed by atoms with van der Waals surface area (Å²) in [6, 6.07) is 0.489. The van der Waals surface area contributed by atoms with Crippen LogP contribution in [0.5, 0.6) is 5.88 Å². The second kappa shape index (κ2) is 10.5. The molecular formula is C22H36N4O3S. The molecule has 4 rings (SSSR count). The molecular weight excluding hydrogens is 400 g/mol. The van der Waals surface area contributed by atoms with Gasteiger partial charge in [0, 0.05) is 28.6 Å². The van der Waals surface area contributed by atoms with Crippen LogP contribution in [0, 0.1) is 6.92 Å². The molecule has 3 atom stereocenters. The predicted molar refractivity (Wildman–Crippen MR) is 118 cm³/mol. The van der Waals surface area contributed by atoms with Crippen LogP contribution in [0.4, 0.5) is 0 Å². The van der Waals surface area contributed by atoms with E-state index in [1.54, 1.807) is 6.33 Å². The fourth-order valence-electron chi connectivity index (χ4n) is 4.74. The maximum Gasteiger partial charge on any atom is 0.220 e. The highest BCUT2D eigenvalue weighted by molar-refractivity contribution is 7.84. The summed E-state index contributed by atoms with van der Waals surface area (Å²) in [5.41, 5.74) is 2.21. The fourth-order valence-corrected chi connectivity index (χ4v) is 6.08. The molecule has 0 amide bonds. The van der Waals surface area contributed by atoms with Gasteiger partial charge in [-0.2, -0.15) is 0 Å². The minimum Gasteiger partial charge on any atom is -0.478 e. The van der Waals surface area contributed by atoms with Gasteiger partial charge in [0.05, 0.1) is 30.3 Å². The number of rotatable bonds is 9. The van der Waals surface area contributed by atoms with Crippen molar-refractivity contribution in [2.75, 3.05) is 19.8 Å². The lowest BCUT2D eigenvalue weighted by Crippen LogP contribution is -2.55. The SMILES string of the molecule is CCOc1ncnc(C)c1C1CCC(OCC2NCCCC2NS(=O)C2CC2)CC1. The van der Waals surface area contributed by atoms with E-state index in [2.05, 4.69) is 26.9 Å². The van der Waals surface area contributed by atoms with Crippen LogP contribution in [0.3, 0.4) is 0 Å². The Morgan fingerprint density at radius 3 is 2.70 bits per heavy atom. The molecule has 1 aromatic rings. The maximum absolute atomic E-state index is 12.3. The van der Waals surface area contributed by atoms with Crippen molar-refractivity contribution < 1.29 is 13.7 Å². The first-order valence-corrected chi connectivity index (χ1v) is 12.8. The third kappa shape index (κ3) is 5.58. The Hall–Kier alpha value is -1.09. The fraction of sp³-hybridized carbons (Fsp3) is 0.818. The summed E-state index contributed by atoms with van der Waals surface area (Å²) < 4.78 is 27.8. The van der Waals surface area contributed by atoms with Gasteiger partial charge in [-0.05, 0) is 77.7 Å². The highest BCUT2D eigenvalue weighted by atomic mass is 32.2. The number of ether oxygens (including phenoxy) is 2. The molecule has 1 aromatic heterocycles. The Bertz CT molecular complexity index is 722.